The molecule has 0 radical (unpaired) electrons. The van der Waals surface area contributed by atoms with Gasteiger partial charge >= 0.3 is 0 Å². The van der Waals surface area contributed by atoms with Crippen LogP contribution in [-0.2, 0) is 0 Å². The summed E-state index contributed by atoms with van der Waals surface area (Å²) in [5.41, 5.74) is 1.36. The fraction of sp³-hybridized carbons (Fsp3) is 0.100. The summed E-state index contributed by atoms with van der Waals surface area (Å²) in [6.45, 7) is 0. The van der Waals surface area contributed by atoms with Crippen molar-refractivity contribution in [3.05, 3.63) is 76.7 Å². The second-order valence-electron chi connectivity index (χ2n) is 5.48. The van der Waals surface area contributed by atoms with E-state index in [4.69, 9.17) is 9.47 Å². The van der Waals surface area contributed by atoms with E-state index in [-0.39, 0.29) is 5.56 Å². The van der Waals surface area contributed by atoms with Crippen LogP contribution in [0.15, 0.2) is 65.6 Å². The summed E-state index contributed by atoms with van der Waals surface area (Å²) in [5.74, 6) is 0.517. The number of rotatable bonds is 5. The molecule has 0 saturated carbocycles. The van der Waals surface area contributed by atoms with Gasteiger partial charge in [0.05, 0.1) is 19.9 Å². The van der Waals surface area contributed by atoms with Gasteiger partial charge in [0, 0.05) is 17.8 Å². The highest BCUT2D eigenvalue weighted by atomic mass is 16.5. The molecule has 0 bridgehead atoms. The minimum absolute atomic E-state index is 0.0385. The molecule has 3 aromatic rings. The summed E-state index contributed by atoms with van der Waals surface area (Å²) in [4.78, 5) is 27.7. The van der Waals surface area contributed by atoms with E-state index in [2.05, 4.69) is 10.3 Å². The standard InChI is InChI=1S/C20H18N2O4/c1-25-14-8-9-16(17(12-14)26-2)22-20(24)18-15(10-11-21-19(18)23)13-6-4-3-5-7-13/h3-12H,1-2H3,(H,21,23)(H,22,24). The monoisotopic (exact) mass is 350 g/mol. The van der Waals surface area contributed by atoms with Crippen LogP contribution in [0.3, 0.4) is 0 Å². The first-order chi connectivity index (χ1) is 12.6. The van der Waals surface area contributed by atoms with Crippen LogP contribution in [0.5, 0.6) is 11.5 Å². The molecule has 2 aromatic carbocycles. The van der Waals surface area contributed by atoms with Gasteiger partial charge in [-0.3, -0.25) is 9.59 Å². The highest BCUT2D eigenvalue weighted by Gasteiger charge is 2.18. The van der Waals surface area contributed by atoms with Crippen LogP contribution < -0.4 is 20.3 Å². The Morgan fingerprint density at radius 2 is 1.77 bits per heavy atom. The van der Waals surface area contributed by atoms with E-state index in [1.807, 2.05) is 30.3 Å². The number of carbonyl (C=O) groups is 1. The van der Waals surface area contributed by atoms with Gasteiger partial charge in [0.15, 0.2) is 0 Å². The first-order valence-electron chi connectivity index (χ1n) is 7.94. The Hall–Kier alpha value is -3.54. The zero-order chi connectivity index (χ0) is 18.5. The van der Waals surface area contributed by atoms with Crippen molar-refractivity contribution in [2.45, 2.75) is 0 Å². The molecule has 0 aliphatic carbocycles. The molecule has 6 nitrogen and oxygen atoms in total. The Morgan fingerprint density at radius 3 is 2.46 bits per heavy atom. The summed E-state index contributed by atoms with van der Waals surface area (Å²) in [6.07, 6.45) is 1.52. The summed E-state index contributed by atoms with van der Waals surface area (Å²) in [5, 5.41) is 2.74. The number of amides is 1. The topological polar surface area (TPSA) is 80.4 Å². The maximum atomic E-state index is 12.8. The molecule has 0 aliphatic rings. The number of hydrogen-bond acceptors (Lipinski definition) is 4. The molecule has 3 rings (SSSR count). The number of H-pyrrole nitrogens is 1. The van der Waals surface area contributed by atoms with E-state index in [1.54, 1.807) is 31.4 Å². The van der Waals surface area contributed by atoms with Crippen molar-refractivity contribution in [2.75, 3.05) is 19.5 Å². The van der Waals surface area contributed by atoms with Crippen molar-refractivity contribution in [2.24, 2.45) is 0 Å². The smallest absolute Gasteiger partial charge is 0.262 e. The number of carbonyl (C=O) groups excluding carboxylic acids is 1. The molecule has 6 heteroatoms. The van der Waals surface area contributed by atoms with Gasteiger partial charge in [-0.15, -0.1) is 0 Å². The maximum Gasteiger partial charge on any atom is 0.262 e. The second kappa shape index (κ2) is 7.57. The molecule has 1 aromatic heterocycles. The number of ether oxygens (including phenoxy) is 2. The number of methoxy groups -OCH3 is 2. The summed E-state index contributed by atoms with van der Waals surface area (Å²) in [7, 11) is 3.04. The third-order valence-electron chi connectivity index (χ3n) is 3.93. The number of anilines is 1. The predicted octanol–water partition coefficient (Wildman–Crippen LogP) is 3.31. The van der Waals surface area contributed by atoms with Crippen LogP contribution in [-0.4, -0.2) is 25.1 Å². The lowest BCUT2D eigenvalue weighted by molar-refractivity contribution is 0.102. The van der Waals surface area contributed by atoms with Gasteiger partial charge in [-0.1, -0.05) is 30.3 Å². The first kappa shape index (κ1) is 17.3. The van der Waals surface area contributed by atoms with E-state index < -0.39 is 11.5 Å². The Labute approximate surface area is 150 Å². The van der Waals surface area contributed by atoms with Crippen LogP contribution in [0, 0.1) is 0 Å². The van der Waals surface area contributed by atoms with Crippen LogP contribution >= 0.6 is 0 Å². The summed E-state index contributed by atoms with van der Waals surface area (Å²) < 4.78 is 10.4. The maximum absolute atomic E-state index is 12.8. The third kappa shape index (κ3) is 3.44. The quantitative estimate of drug-likeness (QED) is 0.740. The Bertz CT molecular complexity index is 981. The van der Waals surface area contributed by atoms with E-state index in [0.29, 0.717) is 22.7 Å². The van der Waals surface area contributed by atoms with Crippen molar-refractivity contribution >= 4 is 11.6 Å². The number of pyridine rings is 1. The molecular formula is C20H18N2O4. The number of hydrogen-bond donors (Lipinski definition) is 2. The van der Waals surface area contributed by atoms with Crippen molar-refractivity contribution in [1.82, 2.24) is 4.98 Å². The molecule has 0 spiro atoms. The average molecular weight is 350 g/mol. The Kier molecular flexibility index (Phi) is 5.03. The van der Waals surface area contributed by atoms with Gasteiger partial charge in [0.25, 0.3) is 11.5 Å². The Balaban J connectivity index is 2.01. The number of aromatic amines is 1. The molecule has 0 aliphatic heterocycles. The molecule has 132 valence electrons. The van der Waals surface area contributed by atoms with Gasteiger partial charge in [-0.25, -0.2) is 0 Å². The molecule has 26 heavy (non-hydrogen) atoms. The molecular weight excluding hydrogens is 332 g/mol. The number of aromatic nitrogens is 1. The van der Waals surface area contributed by atoms with Crippen molar-refractivity contribution in [1.29, 1.82) is 0 Å². The lowest BCUT2D eigenvalue weighted by Crippen LogP contribution is -2.24. The van der Waals surface area contributed by atoms with E-state index in [9.17, 15) is 9.59 Å². The lowest BCUT2D eigenvalue weighted by Gasteiger charge is -2.13. The highest BCUT2D eigenvalue weighted by Crippen LogP contribution is 2.30. The van der Waals surface area contributed by atoms with Crippen molar-refractivity contribution < 1.29 is 14.3 Å². The van der Waals surface area contributed by atoms with Crippen molar-refractivity contribution in [3.63, 3.8) is 0 Å². The van der Waals surface area contributed by atoms with E-state index in [1.165, 1.54) is 13.3 Å². The predicted molar refractivity (Wildman–Crippen MR) is 100.0 cm³/mol. The minimum atomic E-state index is -0.519. The second-order valence-corrected chi connectivity index (χ2v) is 5.48. The minimum Gasteiger partial charge on any atom is -0.497 e. The van der Waals surface area contributed by atoms with Crippen LogP contribution in [0.4, 0.5) is 5.69 Å². The Morgan fingerprint density at radius 1 is 1.00 bits per heavy atom. The largest absolute Gasteiger partial charge is 0.497 e. The van der Waals surface area contributed by atoms with Gasteiger partial charge in [-0.2, -0.15) is 0 Å². The van der Waals surface area contributed by atoms with Gasteiger partial charge in [0.1, 0.15) is 17.1 Å². The SMILES string of the molecule is COc1ccc(NC(=O)c2c(-c3ccccc3)cc[nH]c2=O)c(OC)c1. The fourth-order valence-electron chi connectivity index (χ4n) is 2.65. The zero-order valence-electron chi connectivity index (χ0n) is 14.4. The first-order valence-corrected chi connectivity index (χ1v) is 7.94. The lowest BCUT2D eigenvalue weighted by atomic mass is 10.0. The van der Waals surface area contributed by atoms with Crippen LogP contribution in [0.1, 0.15) is 10.4 Å². The van der Waals surface area contributed by atoms with Gasteiger partial charge < -0.3 is 19.8 Å². The van der Waals surface area contributed by atoms with Crippen LogP contribution in [0.2, 0.25) is 0 Å². The highest BCUT2D eigenvalue weighted by molar-refractivity contribution is 6.09. The molecule has 0 saturated heterocycles. The number of benzene rings is 2. The number of nitrogens with one attached hydrogen (secondary N) is 2. The molecule has 0 atom stereocenters. The van der Waals surface area contributed by atoms with Gasteiger partial charge in [-0.05, 0) is 23.8 Å². The molecule has 2 N–H and O–H groups in total. The zero-order valence-corrected chi connectivity index (χ0v) is 14.4. The van der Waals surface area contributed by atoms with E-state index in [0.717, 1.165) is 5.56 Å². The molecule has 1 heterocycles. The fourth-order valence-corrected chi connectivity index (χ4v) is 2.65. The third-order valence-corrected chi connectivity index (χ3v) is 3.93. The molecule has 0 fully saturated rings. The van der Waals surface area contributed by atoms with Crippen molar-refractivity contribution in [3.8, 4) is 22.6 Å². The summed E-state index contributed by atoms with van der Waals surface area (Å²) >= 11 is 0. The van der Waals surface area contributed by atoms with Crippen LogP contribution in [0.25, 0.3) is 11.1 Å². The molecule has 1 amide bonds. The van der Waals surface area contributed by atoms with E-state index >= 15 is 0 Å². The van der Waals surface area contributed by atoms with Gasteiger partial charge in [0.2, 0.25) is 0 Å². The molecule has 0 unspecified atom stereocenters. The summed E-state index contributed by atoms with van der Waals surface area (Å²) in [6, 6.07) is 16.0. The normalized spacial score (nSPS) is 10.2. The average Bonchev–Trinajstić information content (AvgIpc) is 2.68.